The Balaban J connectivity index is 0.00000392. The summed E-state index contributed by atoms with van der Waals surface area (Å²) in [5, 5.41) is 19.0. The number of esters is 2. The molecule has 0 heterocycles. The van der Waals surface area contributed by atoms with Crippen molar-refractivity contribution in [3.63, 3.8) is 0 Å². The number of nitrogens with two attached hydrogens (primary N) is 1. The molecule has 0 amide bonds. The lowest BCUT2D eigenvalue weighted by molar-refractivity contribution is -0.147. The minimum Gasteiger partial charge on any atom is -0.504 e. The molecule has 0 spiro atoms. The van der Waals surface area contributed by atoms with E-state index in [4.69, 9.17) is 15.2 Å². The first-order valence-electron chi connectivity index (χ1n) is 8.06. The predicted molar refractivity (Wildman–Crippen MR) is 101 cm³/mol. The molecule has 0 aliphatic carbocycles. The highest BCUT2D eigenvalue weighted by molar-refractivity contribution is 5.89. The molecule has 0 saturated carbocycles. The average Bonchev–Trinajstić information content (AvgIpc) is 2.64. The Labute approximate surface area is 167 Å². The van der Waals surface area contributed by atoms with Crippen LogP contribution in [0.5, 0.6) is 11.5 Å². The average molecular weight is 414 g/mol. The van der Waals surface area contributed by atoms with Gasteiger partial charge in [0.1, 0.15) is 11.4 Å². The number of aromatic hydroxyl groups is 2. The fourth-order valence-electron chi connectivity index (χ4n) is 2.50. The molecule has 0 fully saturated rings. The Morgan fingerprint density at radius 1 is 1.11 bits per heavy atom. The van der Waals surface area contributed by atoms with E-state index in [9.17, 15) is 24.2 Å². The highest BCUT2D eigenvalue weighted by Crippen LogP contribution is 2.27. The number of hydrogen-bond acceptors (Lipinski definition) is 7. The minimum atomic E-state index is -1.51. The predicted octanol–water partition coefficient (Wildman–Crippen LogP) is 2.32. The second-order valence-corrected chi connectivity index (χ2v) is 6.04. The van der Waals surface area contributed by atoms with Crippen LogP contribution in [0, 0.1) is 5.82 Å². The van der Waals surface area contributed by atoms with Crippen molar-refractivity contribution < 1.29 is 33.7 Å². The summed E-state index contributed by atoms with van der Waals surface area (Å²) in [5.74, 6) is -2.51. The van der Waals surface area contributed by atoms with Crippen molar-refractivity contribution in [1.82, 2.24) is 0 Å². The smallest absolute Gasteiger partial charge is 0.338 e. The van der Waals surface area contributed by atoms with Gasteiger partial charge in [0.2, 0.25) is 0 Å². The first-order chi connectivity index (χ1) is 12.7. The maximum atomic E-state index is 12.9. The van der Waals surface area contributed by atoms with Crippen LogP contribution in [0.4, 0.5) is 4.39 Å². The molecule has 0 aromatic heterocycles. The summed E-state index contributed by atoms with van der Waals surface area (Å²) in [7, 11) is 1.18. The van der Waals surface area contributed by atoms with E-state index in [0.29, 0.717) is 5.56 Å². The number of carbonyl (C=O) groups excluding carboxylic acids is 2. The number of methoxy groups -OCH3 is 1. The standard InChI is InChI=1S/C19H20FNO6.ClH/c1-26-18(25)19(21,11-12-2-7-15(22)16(23)10-12)8-9-27-17(24)13-3-5-14(20)6-4-13;/h2-7,10,22-23H,8-9,11,21H2,1H3;1H/t19-;/m1./s1. The Hall–Kier alpha value is -2.84. The summed E-state index contributed by atoms with van der Waals surface area (Å²) in [6, 6.07) is 8.90. The lowest BCUT2D eigenvalue weighted by Gasteiger charge is -2.26. The van der Waals surface area contributed by atoms with Gasteiger partial charge in [-0.2, -0.15) is 0 Å². The number of carbonyl (C=O) groups is 2. The minimum absolute atomic E-state index is 0. The number of phenolic OH excluding ortho intramolecular Hbond substituents is 2. The van der Waals surface area contributed by atoms with Gasteiger partial charge in [0, 0.05) is 12.8 Å². The summed E-state index contributed by atoms with van der Waals surface area (Å²) in [4.78, 5) is 24.1. The van der Waals surface area contributed by atoms with E-state index in [-0.39, 0.29) is 48.9 Å². The van der Waals surface area contributed by atoms with Crippen molar-refractivity contribution in [3.8, 4) is 11.5 Å². The third-order valence-electron chi connectivity index (χ3n) is 4.01. The summed E-state index contributed by atoms with van der Waals surface area (Å²) in [6.45, 7) is -0.175. The number of rotatable bonds is 7. The first-order valence-corrected chi connectivity index (χ1v) is 8.06. The van der Waals surface area contributed by atoms with Crippen molar-refractivity contribution in [2.75, 3.05) is 13.7 Å². The molecule has 0 aliphatic rings. The lowest BCUT2D eigenvalue weighted by atomic mass is 9.88. The van der Waals surface area contributed by atoms with Gasteiger partial charge < -0.3 is 25.4 Å². The van der Waals surface area contributed by atoms with E-state index < -0.39 is 23.3 Å². The van der Waals surface area contributed by atoms with E-state index >= 15 is 0 Å². The molecule has 0 unspecified atom stereocenters. The molecule has 2 aromatic carbocycles. The lowest BCUT2D eigenvalue weighted by Crippen LogP contribution is -2.51. The first kappa shape index (κ1) is 23.2. The van der Waals surface area contributed by atoms with Gasteiger partial charge in [0.25, 0.3) is 0 Å². The highest BCUT2D eigenvalue weighted by atomic mass is 35.5. The van der Waals surface area contributed by atoms with Crippen molar-refractivity contribution in [2.45, 2.75) is 18.4 Å². The van der Waals surface area contributed by atoms with Crippen molar-refractivity contribution in [2.24, 2.45) is 5.73 Å². The van der Waals surface area contributed by atoms with E-state index in [1.165, 1.54) is 37.4 Å². The van der Waals surface area contributed by atoms with E-state index in [2.05, 4.69) is 0 Å². The van der Waals surface area contributed by atoms with Crippen LogP contribution in [-0.2, 0) is 20.7 Å². The summed E-state index contributed by atoms with van der Waals surface area (Å²) in [6.07, 6.45) is -0.0597. The van der Waals surface area contributed by atoms with Crippen LogP contribution in [0.3, 0.4) is 0 Å². The number of benzene rings is 2. The van der Waals surface area contributed by atoms with Crippen LogP contribution in [0.1, 0.15) is 22.3 Å². The zero-order chi connectivity index (χ0) is 20.0. The number of ether oxygens (including phenoxy) is 2. The van der Waals surface area contributed by atoms with Gasteiger partial charge in [-0.1, -0.05) is 6.07 Å². The zero-order valence-corrected chi connectivity index (χ0v) is 15.9. The number of phenols is 2. The molecule has 1 atom stereocenters. The zero-order valence-electron chi connectivity index (χ0n) is 15.1. The van der Waals surface area contributed by atoms with Gasteiger partial charge in [-0.15, -0.1) is 12.4 Å². The summed E-state index contributed by atoms with van der Waals surface area (Å²) < 4.78 is 22.7. The number of hydrogen-bond donors (Lipinski definition) is 3. The van der Waals surface area contributed by atoms with Crippen LogP contribution in [0.25, 0.3) is 0 Å². The number of halogens is 2. The van der Waals surface area contributed by atoms with Crippen LogP contribution in [0.15, 0.2) is 42.5 Å². The third-order valence-corrected chi connectivity index (χ3v) is 4.01. The second kappa shape index (κ2) is 9.91. The van der Waals surface area contributed by atoms with Gasteiger partial charge in [0.05, 0.1) is 19.3 Å². The molecule has 2 rings (SSSR count). The van der Waals surface area contributed by atoms with Crippen LogP contribution < -0.4 is 5.73 Å². The monoisotopic (exact) mass is 413 g/mol. The molecule has 0 saturated heterocycles. The van der Waals surface area contributed by atoms with E-state index in [1.54, 1.807) is 0 Å². The molecule has 7 nitrogen and oxygen atoms in total. The Morgan fingerprint density at radius 3 is 2.32 bits per heavy atom. The SMILES string of the molecule is COC(=O)[C@@](N)(CCOC(=O)c1ccc(F)cc1)Cc1ccc(O)c(O)c1.Cl. The molecular weight excluding hydrogens is 393 g/mol. The van der Waals surface area contributed by atoms with Crippen LogP contribution in [0.2, 0.25) is 0 Å². The summed E-state index contributed by atoms with van der Waals surface area (Å²) in [5.41, 5.74) is 5.30. The maximum absolute atomic E-state index is 12.9. The van der Waals surface area contributed by atoms with Crippen molar-refractivity contribution >= 4 is 24.3 Å². The van der Waals surface area contributed by atoms with Crippen molar-refractivity contribution in [3.05, 3.63) is 59.4 Å². The van der Waals surface area contributed by atoms with Gasteiger partial charge in [-0.05, 0) is 42.0 Å². The topological polar surface area (TPSA) is 119 Å². The van der Waals surface area contributed by atoms with E-state index in [1.807, 2.05) is 0 Å². The Kier molecular flexibility index (Phi) is 8.21. The maximum Gasteiger partial charge on any atom is 0.338 e. The van der Waals surface area contributed by atoms with Gasteiger partial charge in [-0.3, -0.25) is 4.79 Å². The molecular formula is C19H21ClFNO6. The van der Waals surface area contributed by atoms with Crippen molar-refractivity contribution in [1.29, 1.82) is 0 Å². The highest BCUT2D eigenvalue weighted by Gasteiger charge is 2.36. The van der Waals surface area contributed by atoms with Crippen LogP contribution in [-0.4, -0.2) is 41.4 Å². The van der Waals surface area contributed by atoms with Gasteiger partial charge in [0.15, 0.2) is 11.5 Å². The molecule has 0 radical (unpaired) electrons. The van der Waals surface area contributed by atoms with E-state index in [0.717, 1.165) is 12.1 Å². The quantitative estimate of drug-likeness (QED) is 0.470. The largest absolute Gasteiger partial charge is 0.504 e. The fraction of sp³-hybridized carbons (Fsp3) is 0.263. The Morgan fingerprint density at radius 2 is 1.75 bits per heavy atom. The molecule has 152 valence electrons. The van der Waals surface area contributed by atoms with Gasteiger partial charge in [-0.25, -0.2) is 9.18 Å². The summed E-state index contributed by atoms with van der Waals surface area (Å²) >= 11 is 0. The van der Waals surface area contributed by atoms with Crippen LogP contribution >= 0.6 is 12.4 Å². The molecule has 28 heavy (non-hydrogen) atoms. The molecule has 4 N–H and O–H groups in total. The molecule has 0 bridgehead atoms. The molecule has 0 aliphatic heterocycles. The fourth-order valence-corrected chi connectivity index (χ4v) is 2.50. The van der Waals surface area contributed by atoms with Gasteiger partial charge >= 0.3 is 11.9 Å². The molecule has 9 heteroatoms. The molecule has 2 aromatic rings. The second-order valence-electron chi connectivity index (χ2n) is 6.04. The third kappa shape index (κ3) is 5.83. The normalized spacial score (nSPS) is 12.4. The Bertz CT molecular complexity index is 830.